The van der Waals surface area contributed by atoms with Crippen LogP contribution in [0.25, 0.3) is 0 Å². The molecule has 4 rings (SSSR count). The van der Waals surface area contributed by atoms with Gasteiger partial charge < -0.3 is 24.2 Å². The van der Waals surface area contributed by atoms with Crippen molar-refractivity contribution in [1.29, 1.82) is 0 Å². The highest BCUT2D eigenvalue weighted by atomic mass is 16.6. The molecular formula is C27H46N4O5. The Hall–Kier alpha value is -1.87. The van der Waals surface area contributed by atoms with Crippen LogP contribution in [0.3, 0.4) is 0 Å². The maximum Gasteiger partial charge on any atom is 0.411 e. The summed E-state index contributed by atoms with van der Waals surface area (Å²) in [6.45, 7) is 11.7. The molecule has 0 N–H and O–H groups in total. The molecule has 3 aliphatic heterocycles. The Kier molecular flexibility index (Phi) is 8.49. The fraction of sp³-hybridized carbons (Fsp3) is 0.889. The molecule has 0 aromatic rings. The molecule has 0 bridgehead atoms. The van der Waals surface area contributed by atoms with Crippen molar-refractivity contribution in [3.05, 3.63) is 0 Å². The van der Waals surface area contributed by atoms with Crippen LogP contribution in [-0.2, 0) is 19.1 Å². The van der Waals surface area contributed by atoms with Gasteiger partial charge in [-0.25, -0.2) is 4.79 Å². The number of hydrogen-bond acceptors (Lipinski definition) is 6. The highest BCUT2D eigenvalue weighted by Crippen LogP contribution is 2.34. The van der Waals surface area contributed by atoms with Crippen molar-refractivity contribution in [2.75, 3.05) is 46.4 Å². The monoisotopic (exact) mass is 506 g/mol. The molecule has 3 amide bonds. The zero-order valence-electron chi connectivity index (χ0n) is 22.9. The van der Waals surface area contributed by atoms with E-state index >= 15 is 0 Å². The first-order valence-electron chi connectivity index (χ1n) is 13.9. The van der Waals surface area contributed by atoms with Gasteiger partial charge in [-0.2, -0.15) is 0 Å². The van der Waals surface area contributed by atoms with E-state index < -0.39 is 23.8 Å². The summed E-state index contributed by atoms with van der Waals surface area (Å²) in [5.74, 6) is 0.668. The lowest BCUT2D eigenvalue weighted by Gasteiger charge is -2.41. The van der Waals surface area contributed by atoms with Gasteiger partial charge in [0.1, 0.15) is 17.7 Å². The first-order chi connectivity index (χ1) is 17.0. The average molecular weight is 507 g/mol. The Morgan fingerprint density at radius 1 is 0.944 bits per heavy atom. The summed E-state index contributed by atoms with van der Waals surface area (Å²) in [5.41, 5.74) is -0.663. The number of amides is 3. The van der Waals surface area contributed by atoms with Gasteiger partial charge in [0.2, 0.25) is 5.91 Å². The third-order valence-electron chi connectivity index (χ3n) is 8.24. The number of carbonyl (C=O) groups is 3. The molecule has 9 nitrogen and oxygen atoms in total. The van der Waals surface area contributed by atoms with Crippen LogP contribution in [0.15, 0.2) is 0 Å². The molecule has 3 saturated heterocycles. The summed E-state index contributed by atoms with van der Waals surface area (Å²) >= 11 is 0. The average Bonchev–Trinajstić information content (AvgIpc) is 3.50. The summed E-state index contributed by atoms with van der Waals surface area (Å²) in [7, 11) is 2.06. The second-order valence-corrected chi connectivity index (χ2v) is 12.3. The molecule has 1 saturated carbocycles. The van der Waals surface area contributed by atoms with Crippen molar-refractivity contribution >= 4 is 17.9 Å². The van der Waals surface area contributed by atoms with E-state index in [1.165, 1.54) is 0 Å². The van der Waals surface area contributed by atoms with Crippen molar-refractivity contribution < 1.29 is 23.9 Å². The predicted octanol–water partition coefficient (Wildman–Crippen LogP) is 2.72. The lowest BCUT2D eigenvalue weighted by Crippen LogP contribution is -2.54. The normalized spacial score (nSPS) is 32.0. The summed E-state index contributed by atoms with van der Waals surface area (Å²) < 4.78 is 11.5. The zero-order chi connectivity index (χ0) is 26.0. The maximum atomic E-state index is 13.8. The highest BCUT2D eigenvalue weighted by molar-refractivity contribution is 5.87. The van der Waals surface area contributed by atoms with E-state index in [1.54, 1.807) is 4.90 Å². The number of likely N-dealkylation sites (tertiary alicyclic amines) is 1. The highest BCUT2D eigenvalue weighted by Gasteiger charge is 2.48. The molecule has 1 aliphatic carbocycles. The van der Waals surface area contributed by atoms with Gasteiger partial charge >= 0.3 is 6.09 Å². The molecule has 204 valence electrons. The standard InChI is InChI=1S/C27H46N4O5/c1-19-8-10-20(11-9-19)31(25(33)23-7-6-16-35-23)21-17-22(24(32)29-14-12-28(5)13-15-29)30(18-21)26(34)36-27(2,3)4/h19-23H,6-18H2,1-5H3/t19?,20?,21-,22+,23+/m1/s1. The van der Waals surface area contributed by atoms with Crippen LogP contribution in [0.4, 0.5) is 4.79 Å². The molecule has 4 fully saturated rings. The Balaban J connectivity index is 1.58. The zero-order valence-corrected chi connectivity index (χ0v) is 22.9. The third kappa shape index (κ3) is 6.33. The van der Waals surface area contributed by atoms with Crippen LogP contribution in [0.2, 0.25) is 0 Å². The molecule has 4 aliphatic rings. The molecule has 3 heterocycles. The fourth-order valence-electron chi connectivity index (χ4n) is 6.13. The number of likely N-dealkylation sites (N-methyl/N-ethyl adjacent to an activating group) is 1. The second-order valence-electron chi connectivity index (χ2n) is 12.3. The SMILES string of the molecule is CC1CCC(N(C(=O)[C@@H]2CCCO2)[C@@H]2C[C@@H](C(=O)N3CCN(C)CC3)N(C(=O)OC(C)(C)C)C2)CC1. The number of nitrogens with zero attached hydrogens (tertiary/aromatic N) is 4. The Labute approximate surface area is 216 Å². The second kappa shape index (κ2) is 11.3. The van der Waals surface area contributed by atoms with Crippen LogP contribution >= 0.6 is 0 Å². The summed E-state index contributed by atoms with van der Waals surface area (Å²) in [5, 5.41) is 0. The molecule has 0 aromatic heterocycles. The minimum atomic E-state index is -0.663. The molecule has 9 heteroatoms. The smallest absolute Gasteiger partial charge is 0.411 e. The molecule has 0 spiro atoms. The largest absolute Gasteiger partial charge is 0.444 e. The summed E-state index contributed by atoms with van der Waals surface area (Å²) in [6.07, 6.45) is 5.30. The van der Waals surface area contributed by atoms with Crippen LogP contribution in [0.1, 0.15) is 72.6 Å². The lowest BCUT2D eigenvalue weighted by atomic mass is 9.85. The number of rotatable bonds is 4. The first kappa shape index (κ1) is 27.2. The van der Waals surface area contributed by atoms with E-state index in [-0.39, 0.29) is 23.9 Å². The summed E-state index contributed by atoms with van der Waals surface area (Å²) in [6, 6.07) is -0.703. The maximum absolute atomic E-state index is 13.8. The number of piperazine rings is 1. The van der Waals surface area contributed by atoms with Crippen LogP contribution in [0.5, 0.6) is 0 Å². The van der Waals surface area contributed by atoms with E-state index in [9.17, 15) is 14.4 Å². The minimum absolute atomic E-state index is 0.0294. The quantitative estimate of drug-likeness (QED) is 0.583. The molecular weight excluding hydrogens is 460 g/mol. The third-order valence-corrected chi connectivity index (χ3v) is 8.24. The van der Waals surface area contributed by atoms with E-state index in [0.29, 0.717) is 38.6 Å². The minimum Gasteiger partial charge on any atom is -0.444 e. The Morgan fingerprint density at radius 2 is 1.61 bits per heavy atom. The van der Waals surface area contributed by atoms with Crippen molar-refractivity contribution in [3.8, 4) is 0 Å². The topological polar surface area (TPSA) is 82.6 Å². The van der Waals surface area contributed by atoms with Gasteiger partial charge in [-0.1, -0.05) is 6.92 Å². The van der Waals surface area contributed by atoms with Gasteiger partial charge in [0.05, 0.1) is 6.04 Å². The van der Waals surface area contributed by atoms with Gasteiger partial charge in [-0.05, 0) is 78.7 Å². The first-order valence-corrected chi connectivity index (χ1v) is 13.9. The van der Waals surface area contributed by atoms with Crippen molar-refractivity contribution in [2.24, 2.45) is 5.92 Å². The van der Waals surface area contributed by atoms with Crippen molar-refractivity contribution in [3.63, 3.8) is 0 Å². The van der Waals surface area contributed by atoms with Gasteiger partial charge in [-0.15, -0.1) is 0 Å². The molecule has 0 aromatic carbocycles. The molecule has 0 radical (unpaired) electrons. The van der Waals surface area contributed by atoms with E-state index in [2.05, 4.69) is 18.9 Å². The van der Waals surface area contributed by atoms with Crippen LogP contribution < -0.4 is 0 Å². The van der Waals surface area contributed by atoms with Gasteiger partial charge in [-0.3, -0.25) is 14.5 Å². The predicted molar refractivity (Wildman–Crippen MR) is 136 cm³/mol. The van der Waals surface area contributed by atoms with E-state index in [1.807, 2.05) is 30.6 Å². The lowest BCUT2D eigenvalue weighted by molar-refractivity contribution is -0.147. The number of hydrogen-bond donors (Lipinski definition) is 0. The Morgan fingerprint density at radius 3 is 2.19 bits per heavy atom. The molecule has 3 atom stereocenters. The van der Waals surface area contributed by atoms with Gasteiger partial charge in [0.15, 0.2) is 0 Å². The molecule has 0 unspecified atom stereocenters. The molecule has 36 heavy (non-hydrogen) atoms. The van der Waals surface area contributed by atoms with Crippen molar-refractivity contribution in [1.82, 2.24) is 19.6 Å². The van der Waals surface area contributed by atoms with E-state index in [0.717, 1.165) is 51.6 Å². The van der Waals surface area contributed by atoms with Gasteiger partial charge in [0.25, 0.3) is 5.91 Å². The number of ether oxygens (including phenoxy) is 2. The fourth-order valence-corrected chi connectivity index (χ4v) is 6.13. The Bertz CT molecular complexity index is 792. The summed E-state index contributed by atoms with van der Waals surface area (Å²) in [4.78, 5) is 48.6. The van der Waals surface area contributed by atoms with E-state index in [4.69, 9.17) is 9.47 Å². The van der Waals surface area contributed by atoms with Gasteiger partial charge in [0, 0.05) is 45.4 Å². The number of carbonyl (C=O) groups excluding carboxylic acids is 3. The van der Waals surface area contributed by atoms with Crippen LogP contribution in [-0.4, -0.2) is 114 Å². The van der Waals surface area contributed by atoms with Crippen LogP contribution in [0, 0.1) is 5.92 Å². The van der Waals surface area contributed by atoms with Crippen molar-refractivity contribution in [2.45, 2.75) is 102 Å².